The average Bonchev–Trinajstić information content (AvgIpc) is 2.53. The molecule has 0 atom stereocenters. The molecule has 0 fully saturated rings. The van der Waals surface area contributed by atoms with Gasteiger partial charge in [0.15, 0.2) is 5.75 Å². The van der Waals surface area contributed by atoms with Crippen molar-refractivity contribution in [2.24, 2.45) is 5.10 Å². The second kappa shape index (κ2) is 9.39. The molecular weight excluding hydrogens is 302 g/mol. The fraction of sp³-hybridized carbons (Fsp3) is 0.467. The summed E-state index contributed by atoms with van der Waals surface area (Å²) in [5.74, 6) is 0.111. The van der Waals surface area contributed by atoms with Crippen LogP contribution in [0, 0.1) is 10.1 Å². The van der Waals surface area contributed by atoms with Crippen LogP contribution in [0.5, 0.6) is 11.5 Å². The number of nitro benzene ring substituents is 1. The minimum atomic E-state index is -0.551. The Hall–Kier alpha value is -2.64. The predicted octanol–water partition coefficient (Wildman–Crippen LogP) is 2.64. The fourth-order valence-corrected chi connectivity index (χ4v) is 1.83. The van der Waals surface area contributed by atoms with E-state index in [0.29, 0.717) is 12.0 Å². The van der Waals surface area contributed by atoms with Gasteiger partial charge in [-0.05, 0) is 19.4 Å². The Morgan fingerprint density at radius 1 is 1.43 bits per heavy atom. The molecule has 0 heterocycles. The first-order valence-corrected chi connectivity index (χ1v) is 7.34. The van der Waals surface area contributed by atoms with Gasteiger partial charge in [0, 0.05) is 18.1 Å². The zero-order valence-corrected chi connectivity index (χ0v) is 13.5. The molecule has 0 saturated heterocycles. The highest BCUT2D eigenvalue weighted by Gasteiger charge is 2.21. The molecule has 8 nitrogen and oxygen atoms in total. The second-order valence-corrected chi connectivity index (χ2v) is 4.66. The van der Waals surface area contributed by atoms with Crippen molar-refractivity contribution in [3.63, 3.8) is 0 Å². The van der Waals surface area contributed by atoms with Crippen molar-refractivity contribution in [3.05, 3.63) is 27.8 Å². The molecule has 0 spiro atoms. The lowest BCUT2D eigenvalue weighted by molar-refractivity contribution is -0.385. The zero-order valence-electron chi connectivity index (χ0n) is 13.5. The maximum absolute atomic E-state index is 11.5. The summed E-state index contributed by atoms with van der Waals surface area (Å²) in [6, 6.07) is 2.87. The molecule has 0 radical (unpaired) electrons. The van der Waals surface area contributed by atoms with E-state index in [-0.39, 0.29) is 29.7 Å². The quantitative estimate of drug-likeness (QED) is 0.427. The van der Waals surface area contributed by atoms with E-state index in [4.69, 9.17) is 9.47 Å². The average molecular weight is 323 g/mol. The first-order valence-electron chi connectivity index (χ1n) is 7.34. The smallest absolute Gasteiger partial charge is 0.315 e. The molecule has 23 heavy (non-hydrogen) atoms. The Labute approximate surface area is 134 Å². The van der Waals surface area contributed by atoms with Gasteiger partial charge in [0.25, 0.3) is 0 Å². The number of amides is 1. The van der Waals surface area contributed by atoms with Crippen LogP contribution in [0.15, 0.2) is 17.2 Å². The van der Waals surface area contributed by atoms with Crippen molar-refractivity contribution in [2.75, 3.05) is 13.7 Å². The summed E-state index contributed by atoms with van der Waals surface area (Å²) in [4.78, 5) is 22.1. The SMILES string of the molecule is CCCCC(=O)N/N=C/c1cc(OC)c(OCC)c([N+](=O)[O-])c1. The number of ether oxygens (including phenoxy) is 2. The van der Waals surface area contributed by atoms with E-state index in [1.807, 2.05) is 6.92 Å². The van der Waals surface area contributed by atoms with Crippen molar-refractivity contribution in [1.82, 2.24) is 5.43 Å². The topological polar surface area (TPSA) is 103 Å². The number of benzene rings is 1. The summed E-state index contributed by atoms with van der Waals surface area (Å²) in [7, 11) is 1.40. The highest BCUT2D eigenvalue weighted by Crippen LogP contribution is 2.37. The van der Waals surface area contributed by atoms with E-state index < -0.39 is 4.92 Å². The minimum Gasteiger partial charge on any atom is -0.493 e. The Morgan fingerprint density at radius 3 is 2.74 bits per heavy atom. The number of nitrogens with zero attached hydrogens (tertiary/aromatic N) is 2. The van der Waals surface area contributed by atoms with Crippen molar-refractivity contribution in [1.29, 1.82) is 0 Å². The number of unbranched alkanes of at least 4 members (excludes halogenated alkanes) is 1. The number of hydrazone groups is 1. The molecule has 0 saturated carbocycles. The van der Waals surface area contributed by atoms with Gasteiger partial charge in [0.05, 0.1) is 24.9 Å². The lowest BCUT2D eigenvalue weighted by Crippen LogP contribution is -2.16. The lowest BCUT2D eigenvalue weighted by atomic mass is 10.2. The van der Waals surface area contributed by atoms with E-state index in [0.717, 1.165) is 12.8 Å². The van der Waals surface area contributed by atoms with E-state index in [2.05, 4.69) is 10.5 Å². The number of carbonyl (C=O) groups excluding carboxylic acids is 1. The number of nitrogens with one attached hydrogen (secondary N) is 1. The summed E-state index contributed by atoms with van der Waals surface area (Å²) in [6.07, 6.45) is 3.42. The molecule has 0 aromatic heterocycles. The van der Waals surface area contributed by atoms with Crippen LogP contribution < -0.4 is 14.9 Å². The van der Waals surface area contributed by atoms with Gasteiger partial charge in [-0.1, -0.05) is 13.3 Å². The van der Waals surface area contributed by atoms with Crippen LogP contribution in [0.3, 0.4) is 0 Å². The molecule has 1 rings (SSSR count). The minimum absolute atomic E-state index is 0.0733. The maximum Gasteiger partial charge on any atom is 0.315 e. The summed E-state index contributed by atoms with van der Waals surface area (Å²) in [5, 5.41) is 15.0. The molecule has 0 aliphatic heterocycles. The van der Waals surface area contributed by atoms with Crippen molar-refractivity contribution in [3.8, 4) is 11.5 Å². The number of hydrogen-bond acceptors (Lipinski definition) is 6. The van der Waals surface area contributed by atoms with Crippen molar-refractivity contribution in [2.45, 2.75) is 33.1 Å². The Bertz CT molecular complexity index is 587. The molecule has 1 N–H and O–H groups in total. The normalized spacial score (nSPS) is 10.6. The van der Waals surface area contributed by atoms with Gasteiger partial charge in [-0.2, -0.15) is 5.10 Å². The van der Waals surface area contributed by atoms with Crippen LogP contribution in [-0.4, -0.2) is 30.8 Å². The molecule has 0 unspecified atom stereocenters. The van der Waals surface area contributed by atoms with Gasteiger partial charge in [0.2, 0.25) is 11.7 Å². The first-order chi connectivity index (χ1) is 11.0. The maximum atomic E-state index is 11.5. The Kier molecular flexibility index (Phi) is 7.52. The number of carbonyl (C=O) groups is 1. The number of methoxy groups -OCH3 is 1. The Morgan fingerprint density at radius 2 is 2.17 bits per heavy atom. The van der Waals surface area contributed by atoms with E-state index in [1.165, 1.54) is 19.4 Å². The number of nitro groups is 1. The third kappa shape index (κ3) is 5.57. The molecule has 126 valence electrons. The van der Waals surface area contributed by atoms with E-state index in [1.54, 1.807) is 13.0 Å². The van der Waals surface area contributed by atoms with Crippen molar-refractivity contribution >= 4 is 17.8 Å². The van der Waals surface area contributed by atoms with Crippen LogP contribution >= 0.6 is 0 Å². The summed E-state index contributed by atoms with van der Waals surface area (Å²) in [5.41, 5.74) is 2.59. The lowest BCUT2D eigenvalue weighted by Gasteiger charge is -2.10. The zero-order chi connectivity index (χ0) is 17.2. The van der Waals surface area contributed by atoms with Gasteiger partial charge in [0.1, 0.15) is 0 Å². The van der Waals surface area contributed by atoms with Crippen LogP contribution in [0.1, 0.15) is 38.7 Å². The summed E-state index contributed by atoms with van der Waals surface area (Å²) >= 11 is 0. The van der Waals surface area contributed by atoms with Gasteiger partial charge in [-0.25, -0.2) is 5.43 Å². The highest BCUT2D eigenvalue weighted by molar-refractivity contribution is 5.85. The highest BCUT2D eigenvalue weighted by atomic mass is 16.6. The van der Waals surface area contributed by atoms with Gasteiger partial charge < -0.3 is 9.47 Å². The standard InChI is InChI=1S/C15H21N3O5/c1-4-6-7-14(19)17-16-10-11-8-12(18(20)21)15(23-5-2)13(9-11)22-3/h8-10H,4-7H2,1-3H3,(H,17,19)/b16-10+. The molecule has 0 bridgehead atoms. The van der Waals surface area contributed by atoms with Crippen LogP contribution in [0.2, 0.25) is 0 Å². The molecule has 0 aliphatic carbocycles. The van der Waals surface area contributed by atoms with Crippen molar-refractivity contribution < 1.29 is 19.2 Å². The monoisotopic (exact) mass is 323 g/mol. The molecule has 8 heteroatoms. The van der Waals surface area contributed by atoms with Gasteiger partial charge in [-0.3, -0.25) is 14.9 Å². The number of rotatable bonds is 9. The largest absolute Gasteiger partial charge is 0.493 e. The molecule has 0 aliphatic rings. The third-order valence-electron chi connectivity index (χ3n) is 2.92. The fourth-order valence-electron chi connectivity index (χ4n) is 1.83. The van der Waals surface area contributed by atoms with Gasteiger partial charge in [-0.15, -0.1) is 0 Å². The Balaban J connectivity index is 2.97. The predicted molar refractivity (Wildman–Crippen MR) is 86.1 cm³/mol. The number of hydrogen-bond donors (Lipinski definition) is 1. The first kappa shape index (κ1) is 18.4. The van der Waals surface area contributed by atoms with Crippen LogP contribution in [0.25, 0.3) is 0 Å². The van der Waals surface area contributed by atoms with Crippen LogP contribution in [-0.2, 0) is 4.79 Å². The third-order valence-corrected chi connectivity index (χ3v) is 2.92. The van der Waals surface area contributed by atoms with E-state index >= 15 is 0 Å². The van der Waals surface area contributed by atoms with Gasteiger partial charge >= 0.3 is 5.69 Å². The molecule has 1 aromatic rings. The van der Waals surface area contributed by atoms with E-state index in [9.17, 15) is 14.9 Å². The summed E-state index contributed by atoms with van der Waals surface area (Å²) < 4.78 is 10.4. The molecular formula is C15H21N3O5. The molecule has 1 amide bonds. The molecule has 1 aromatic carbocycles. The van der Waals surface area contributed by atoms with Crippen LogP contribution in [0.4, 0.5) is 5.69 Å². The summed E-state index contributed by atoms with van der Waals surface area (Å²) in [6.45, 7) is 3.99. The second-order valence-electron chi connectivity index (χ2n) is 4.66.